The van der Waals surface area contributed by atoms with Gasteiger partial charge in [-0.25, -0.2) is 0 Å². The number of ether oxygens (including phenoxy) is 1. The second-order valence-electron chi connectivity index (χ2n) is 5.57. The lowest BCUT2D eigenvalue weighted by molar-refractivity contribution is -0.142. The molecule has 1 aliphatic carbocycles. The molecule has 128 valence electrons. The summed E-state index contributed by atoms with van der Waals surface area (Å²) in [7, 11) is 0. The minimum atomic E-state index is -0.392. The monoisotopic (exact) mass is 339 g/mol. The van der Waals surface area contributed by atoms with E-state index in [1.165, 1.54) is 12.1 Å². The van der Waals surface area contributed by atoms with Crippen molar-refractivity contribution in [1.82, 2.24) is 0 Å². The van der Waals surface area contributed by atoms with E-state index in [-0.39, 0.29) is 47.2 Å². The van der Waals surface area contributed by atoms with Crippen LogP contribution >= 0.6 is 0 Å². The number of esters is 1. The van der Waals surface area contributed by atoms with Crippen LogP contribution in [0.25, 0.3) is 0 Å². The van der Waals surface area contributed by atoms with Gasteiger partial charge in [-0.2, -0.15) is 0 Å². The molecule has 0 amide bonds. The molecule has 0 aromatic heterocycles. The standard InChI is InChI=1S/C19H17NO5/c1-2-25-15(22)9-10-20-13-7-8-14(21)17-16(13)18(23)11-5-3-4-6-12(11)19(17)24/h3-8,20-21H,2,9-10H2,1H3. The molecule has 0 aliphatic heterocycles. The van der Waals surface area contributed by atoms with Crippen molar-refractivity contribution >= 4 is 23.2 Å². The van der Waals surface area contributed by atoms with Gasteiger partial charge >= 0.3 is 5.97 Å². The SMILES string of the molecule is CCOC(=O)CCNc1ccc(O)c2c1C(=O)c1ccccc1C2=O. The normalized spacial score (nSPS) is 12.4. The summed E-state index contributed by atoms with van der Waals surface area (Å²) < 4.78 is 4.86. The highest BCUT2D eigenvalue weighted by Gasteiger charge is 2.33. The number of hydrogen-bond donors (Lipinski definition) is 2. The fraction of sp³-hybridized carbons (Fsp3) is 0.211. The van der Waals surface area contributed by atoms with E-state index in [0.29, 0.717) is 17.9 Å². The van der Waals surface area contributed by atoms with Crippen molar-refractivity contribution in [3.05, 3.63) is 58.7 Å². The van der Waals surface area contributed by atoms with E-state index in [1.807, 2.05) is 0 Å². The van der Waals surface area contributed by atoms with Crippen molar-refractivity contribution in [1.29, 1.82) is 0 Å². The van der Waals surface area contributed by atoms with Crippen molar-refractivity contribution in [2.75, 3.05) is 18.5 Å². The Morgan fingerprint density at radius 3 is 2.32 bits per heavy atom. The Hall–Kier alpha value is -3.15. The summed E-state index contributed by atoms with van der Waals surface area (Å²) in [5.41, 5.74) is 1.11. The number of phenols is 1. The molecule has 3 rings (SSSR count). The maximum atomic E-state index is 12.8. The quantitative estimate of drug-likeness (QED) is 0.548. The third kappa shape index (κ3) is 2.98. The zero-order chi connectivity index (χ0) is 18.0. The van der Waals surface area contributed by atoms with E-state index < -0.39 is 5.78 Å². The summed E-state index contributed by atoms with van der Waals surface area (Å²) >= 11 is 0. The molecule has 0 heterocycles. The molecule has 2 aromatic carbocycles. The van der Waals surface area contributed by atoms with Crippen LogP contribution in [0, 0.1) is 0 Å². The summed E-state index contributed by atoms with van der Waals surface area (Å²) in [4.78, 5) is 36.9. The zero-order valence-electron chi connectivity index (χ0n) is 13.7. The maximum absolute atomic E-state index is 12.8. The molecule has 25 heavy (non-hydrogen) atoms. The minimum Gasteiger partial charge on any atom is -0.507 e. The molecule has 0 atom stereocenters. The zero-order valence-corrected chi connectivity index (χ0v) is 13.7. The molecule has 2 N–H and O–H groups in total. The van der Waals surface area contributed by atoms with E-state index in [9.17, 15) is 19.5 Å². The first-order valence-electron chi connectivity index (χ1n) is 7.98. The van der Waals surface area contributed by atoms with Crippen LogP contribution in [0.3, 0.4) is 0 Å². The molecule has 0 saturated carbocycles. The van der Waals surface area contributed by atoms with Gasteiger partial charge in [0, 0.05) is 23.4 Å². The molecule has 0 radical (unpaired) electrons. The molecule has 0 fully saturated rings. The van der Waals surface area contributed by atoms with Gasteiger partial charge in [0.2, 0.25) is 0 Å². The Morgan fingerprint density at radius 1 is 1.04 bits per heavy atom. The Kier molecular flexibility index (Phi) is 4.52. The van der Waals surface area contributed by atoms with Gasteiger partial charge < -0.3 is 15.2 Å². The van der Waals surface area contributed by atoms with Crippen LogP contribution in [-0.4, -0.2) is 35.8 Å². The molecular formula is C19H17NO5. The van der Waals surface area contributed by atoms with Crippen molar-refractivity contribution < 1.29 is 24.2 Å². The highest BCUT2D eigenvalue weighted by Crippen LogP contribution is 2.36. The van der Waals surface area contributed by atoms with Crippen molar-refractivity contribution in [2.45, 2.75) is 13.3 Å². The first kappa shape index (κ1) is 16.7. The molecule has 2 aromatic rings. The first-order chi connectivity index (χ1) is 12.0. The van der Waals surface area contributed by atoms with Crippen LogP contribution in [0.5, 0.6) is 5.75 Å². The number of benzene rings is 2. The third-order valence-electron chi connectivity index (χ3n) is 4.00. The predicted octanol–water partition coefficient (Wildman–Crippen LogP) is 2.53. The third-order valence-corrected chi connectivity index (χ3v) is 4.00. The van der Waals surface area contributed by atoms with Crippen LogP contribution in [0.15, 0.2) is 36.4 Å². The molecule has 1 aliphatic rings. The van der Waals surface area contributed by atoms with E-state index in [0.717, 1.165) is 0 Å². The molecule has 6 heteroatoms. The largest absolute Gasteiger partial charge is 0.507 e. The van der Waals surface area contributed by atoms with Gasteiger partial charge in [0.1, 0.15) is 5.75 Å². The first-order valence-corrected chi connectivity index (χ1v) is 7.98. The number of ketones is 2. The average Bonchev–Trinajstić information content (AvgIpc) is 2.61. The van der Waals surface area contributed by atoms with Crippen LogP contribution in [-0.2, 0) is 9.53 Å². The topological polar surface area (TPSA) is 92.7 Å². The van der Waals surface area contributed by atoms with E-state index >= 15 is 0 Å². The van der Waals surface area contributed by atoms with E-state index in [1.54, 1.807) is 31.2 Å². The summed E-state index contributed by atoms with van der Waals surface area (Å²) in [5, 5.41) is 13.1. The second kappa shape index (κ2) is 6.76. The number of anilines is 1. The molecule has 6 nitrogen and oxygen atoms in total. The Morgan fingerprint density at radius 2 is 1.68 bits per heavy atom. The Labute approximate surface area is 144 Å². The minimum absolute atomic E-state index is 0.00941. The number of carbonyl (C=O) groups excluding carboxylic acids is 3. The Balaban J connectivity index is 1.95. The number of rotatable bonds is 5. The van der Waals surface area contributed by atoms with Gasteiger partial charge in [-0.15, -0.1) is 0 Å². The summed E-state index contributed by atoms with van der Waals surface area (Å²) in [5.74, 6) is -1.31. The lowest BCUT2D eigenvalue weighted by Gasteiger charge is -2.21. The van der Waals surface area contributed by atoms with Gasteiger partial charge in [0.25, 0.3) is 0 Å². The maximum Gasteiger partial charge on any atom is 0.307 e. The lowest BCUT2D eigenvalue weighted by Crippen LogP contribution is -2.23. The predicted molar refractivity (Wildman–Crippen MR) is 91.2 cm³/mol. The van der Waals surface area contributed by atoms with Gasteiger partial charge in [-0.1, -0.05) is 24.3 Å². The highest BCUT2D eigenvalue weighted by molar-refractivity contribution is 6.31. The highest BCUT2D eigenvalue weighted by atomic mass is 16.5. The summed E-state index contributed by atoms with van der Waals surface area (Å²) in [6.45, 7) is 2.28. The number of fused-ring (bicyclic) bond motifs is 2. The van der Waals surface area contributed by atoms with Crippen LogP contribution < -0.4 is 5.32 Å². The van der Waals surface area contributed by atoms with E-state index in [4.69, 9.17) is 4.74 Å². The Bertz CT molecular complexity index is 872. The van der Waals surface area contributed by atoms with Gasteiger partial charge in [0.05, 0.1) is 24.2 Å². The van der Waals surface area contributed by atoms with Crippen molar-refractivity contribution in [3.63, 3.8) is 0 Å². The van der Waals surface area contributed by atoms with Gasteiger partial charge in [0.15, 0.2) is 11.6 Å². The summed E-state index contributed by atoms with van der Waals surface area (Å²) in [6.07, 6.45) is 0.127. The average molecular weight is 339 g/mol. The van der Waals surface area contributed by atoms with Gasteiger partial charge in [-0.3, -0.25) is 14.4 Å². The lowest BCUT2D eigenvalue weighted by atomic mass is 9.82. The molecular weight excluding hydrogens is 322 g/mol. The number of phenolic OH excluding ortho intramolecular Hbond substituents is 1. The molecule has 0 spiro atoms. The number of carbonyl (C=O) groups is 3. The fourth-order valence-corrected chi connectivity index (χ4v) is 2.89. The number of aromatic hydroxyl groups is 1. The molecule has 0 bridgehead atoms. The smallest absolute Gasteiger partial charge is 0.307 e. The second-order valence-corrected chi connectivity index (χ2v) is 5.57. The van der Waals surface area contributed by atoms with Crippen LogP contribution in [0.4, 0.5) is 5.69 Å². The molecule has 0 saturated heterocycles. The van der Waals surface area contributed by atoms with Crippen molar-refractivity contribution in [2.24, 2.45) is 0 Å². The summed E-state index contributed by atoms with van der Waals surface area (Å²) in [6, 6.07) is 9.41. The number of nitrogens with one attached hydrogen (secondary N) is 1. The van der Waals surface area contributed by atoms with Gasteiger partial charge in [-0.05, 0) is 19.1 Å². The number of hydrogen-bond acceptors (Lipinski definition) is 6. The molecule has 0 unspecified atom stereocenters. The fourth-order valence-electron chi connectivity index (χ4n) is 2.89. The van der Waals surface area contributed by atoms with Crippen molar-refractivity contribution in [3.8, 4) is 5.75 Å². The van der Waals surface area contributed by atoms with Crippen LogP contribution in [0.2, 0.25) is 0 Å². The van der Waals surface area contributed by atoms with E-state index in [2.05, 4.69) is 5.32 Å². The van der Waals surface area contributed by atoms with Crippen LogP contribution in [0.1, 0.15) is 45.2 Å².